The molecule has 3 N–H and O–H groups in total. The van der Waals surface area contributed by atoms with Gasteiger partial charge in [-0.3, -0.25) is 9.59 Å². The number of nitrogens with one attached hydrogen (secondary N) is 3. The second-order valence-corrected chi connectivity index (χ2v) is 9.11. The Labute approximate surface area is 184 Å². The maximum absolute atomic E-state index is 13.0. The van der Waals surface area contributed by atoms with Gasteiger partial charge in [-0.15, -0.1) is 0 Å². The van der Waals surface area contributed by atoms with Gasteiger partial charge in [0.25, 0.3) is 11.8 Å². The first-order chi connectivity index (χ1) is 14.9. The first-order valence-electron chi connectivity index (χ1n) is 11.4. The summed E-state index contributed by atoms with van der Waals surface area (Å²) in [5.41, 5.74) is 5.46. The quantitative estimate of drug-likeness (QED) is 0.636. The largest absolute Gasteiger partial charge is 0.321 e. The fraction of sp³-hybridized carbons (Fsp3) is 0.440. The van der Waals surface area contributed by atoms with E-state index in [-0.39, 0.29) is 17.9 Å². The van der Waals surface area contributed by atoms with Crippen LogP contribution >= 0.6 is 0 Å². The Morgan fingerprint density at radius 1 is 0.935 bits per heavy atom. The number of fused-ring (bicyclic) bond motifs is 1. The summed E-state index contributed by atoms with van der Waals surface area (Å²) in [7, 11) is 0. The molecule has 2 aliphatic heterocycles. The zero-order valence-corrected chi connectivity index (χ0v) is 18.8. The number of hydrogen-bond acceptors (Lipinski definition) is 2. The highest BCUT2D eigenvalue weighted by Gasteiger charge is 2.34. The second kappa shape index (κ2) is 9.20. The van der Waals surface area contributed by atoms with Crippen LogP contribution in [0.1, 0.15) is 23.6 Å². The molecule has 2 amide bonds. The van der Waals surface area contributed by atoms with E-state index in [1.54, 1.807) is 0 Å². The van der Waals surface area contributed by atoms with E-state index in [0.29, 0.717) is 13.1 Å². The van der Waals surface area contributed by atoms with Gasteiger partial charge in [0.1, 0.15) is 26.2 Å². The van der Waals surface area contributed by atoms with Crippen molar-refractivity contribution >= 4 is 23.2 Å². The molecule has 0 radical (unpaired) electrons. The summed E-state index contributed by atoms with van der Waals surface area (Å²) >= 11 is 0. The number of rotatable bonds is 5. The predicted molar refractivity (Wildman–Crippen MR) is 123 cm³/mol. The average molecular weight is 423 g/mol. The first-order valence-corrected chi connectivity index (χ1v) is 11.4. The van der Waals surface area contributed by atoms with E-state index in [9.17, 15) is 9.59 Å². The van der Waals surface area contributed by atoms with Crippen molar-refractivity contribution in [2.24, 2.45) is 0 Å². The molecule has 2 aromatic rings. The number of nitrogens with zero attached hydrogens (tertiary/aromatic N) is 1. The molecule has 6 nitrogen and oxygen atoms in total. The van der Waals surface area contributed by atoms with Crippen LogP contribution in [-0.2, 0) is 16.0 Å². The Morgan fingerprint density at radius 3 is 2.23 bits per heavy atom. The topological polar surface area (TPSA) is 58.3 Å². The van der Waals surface area contributed by atoms with Gasteiger partial charge in [0.05, 0.1) is 0 Å². The van der Waals surface area contributed by atoms with E-state index in [4.69, 9.17) is 0 Å². The molecule has 0 saturated carbocycles. The molecule has 1 fully saturated rings. The molecule has 0 spiro atoms. The van der Waals surface area contributed by atoms with Crippen molar-refractivity contribution in [1.29, 1.82) is 0 Å². The lowest BCUT2D eigenvalue weighted by Gasteiger charge is -2.31. The van der Waals surface area contributed by atoms with Crippen molar-refractivity contribution in [3.8, 4) is 0 Å². The number of carbonyl (C=O) groups excluding carboxylic acids is 2. The first kappa shape index (κ1) is 21.5. The van der Waals surface area contributed by atoms with E-state index in [1.807, 2.05) is 49.1 Å². The van der Waals surface area contributed by atoms with Crippen molar-refractivity contribution < 1.29 is 19.4 Å². The summed E-state index contributed by atoms with van der Waals surface area (Å²) in [4.78, 5) is 30.2. The molecular weight excluding hydrogens is 388 g/mol. The lowest BCUT2D eigenvalue weighted by Crippen LogP contribution is -3.28. The van der Waals surface area contributed by atoms with Gasteiger partial charge in [-0.1, -0.05) is 36.4 Å². The molecule has 1 saturated heterocycles. The van der Waals surface area contributed by atoms with Crippen molar-refractivity contribution in [3.63, 3.8) is 0 Å². The molecule has 4 rings (SSSR count). The lowest BCUT2D eigenvalue weighted by atomic mass is 10.1. The number of para-hydroxylation sites is 2. The van der Waals surface area contributed by atoms with Crippen LogP contribution in [0.15, 0.2) is 42.5 Å². The summed E-state index contributed by atoms with van der Waals surface area (Å²) in [6.07, 6.45) is 0.935. The van der Waals surface area contributed by atoms with Gasteiger partial charge < -0.3 is 20.0 Å². The van der Waals surface area contributed by atoms with Crippen LogP contribution < -0.4 is 20.0 Å². The SMILES string of the molecule is Cc1cccc(C)c1NC(=O)C[NH+]1CC[NH+](CC(=O)N2c3ccccc3C[C@H]2C)CC1. The van der Waals surface area contributed by atoms with E-state index in [0.717, 1.165) is 55.1 Å². The Hall–Kier alpha value is -2.70. The zero-order valence-electron chi connectivity index (χ0n) is 18.8. The van der Waals surface area contributed by atoms with Gasteiger partial charge in [0, 0.05) is 17.4 Å². The van der Waals surface area contributed by atoms with Crippen molar-refractivity contribution in [3.05, 3.63) is 59.2 Å². The summed E-state index contributed by atoms with van der Waals surface area (Å²) in [5, 5.41) is 3.09. The standard InChI is InChI=1S/C25H32N4O2/c1-18-7-6-8-19(2)25(18)26-23(30)16-27-11-13-28(14-12-27)17-24(31)29-20(3)15-21-9-4-5-10-22(21)29/h4-10,20H,11-17H2,1-3H3,(H,26,30)/p+2/t20-/m1/s1. The molecule has 0 bridgehead atoms. The van der Waals surface area contributed by atoms with Crippen molar-refractivity contribution in [2.75, 3.05) is 49.5 Å². The number of aryl methyl sites for hydroxylation is 2. The third kappa shape index (κ3) is 4.81. The highest BCUT2D eigenvalue weighted by molar-refractivity contribution is 5.96. The van der Waals surface area contributed by atoms with Crippen LogP contribution in [0.4, 0.5) is 11.4 Å². The van der Waals surface area contributed by atoms with Crippen LogP contribution in [0.3, 0.4) is 0 Å². The van der Waals surface area contributed by atoms with E-state index >= 15 is 0 Å². The maximum atomic E-state index is 13.0. The van der Waals surface area contributed by atoms with Gasteiger partial charge in [-0.2, -0.15) is 0 Å². The van der Waals surface area contributed by atoms with Gasteiger partial charge in [0.15, 0.2) is 13.1 Å². The van der Waals surface area contributed by atoms with Crippen molar-refractivity contribution in [2.45, 2.75) is 33.2 Å². The van der Waals surface area contributed by atoms with Crippen LogP contribution in [0, 0.1) is 13.8 Å². The van der Waals surface area contributed by atoms with Gasteiger partial charge in [-0.05, 0) is 49.9 Å². The van der Waals surface area contributed by atoms with Gasteiger partial charge in [0.2, 0.25) is 0 Å². The average Bonchev–Trinajstić information content (AvgIpc) is 3.08. The van der Waals surface area contributed by atoms with Gasteiger partial charge >= 0.3 is 0 Å². The number of anilines is 2. The third-order valence-electron chi connectivity index (χ3n) is 6.70. The van der Waals surface area contributed by atoms with Crippen LogP contribution in [-0.4, -0.2) is 57.1 Å². The molecule has 6 heteroatoms. The van der Waals surface area contributed by atoms with Crippen LogP contribution in [0.25, 0.3) is 0 Å². The minimum atomic E-state index is 0.0643. The number of quaternary nitrogens is 2. The summed E-state index contributed by atoms with van der Waals surface area (Å²) < 4.78 is 0. The van der Waals surface area contributed by atoms with Crippen LogP contribution in [0.5, 0.6) is 0 Å². The maximum Gasteiger partial charge on any atom is 0.282 e. The zero-order chi connectivity index (χ0) is 22.0. The molecule has 1 atom stereocenters. The number of carbonyl (C=O) groups is 2. The van der Waals surface area contributed by atoms with E-state index < -0.39 is 0 Å². The summed E-state index contributed by atoms with van der Waals surface area (Å²) in [5.74, 6) is 0.276. The normalized spacial score (nSPS) is 22.8. The smallest absolute Gasteiger partial charge is 0.282 e. The highest BCUT2D eigenvalue weighted by atomic mass is 16.2. The molecule has 164 valence electrons. The molecule has 2 aliphatic rings. The minimum Gasteiger partial charge on any atom is -0.321 e. The number of hydrogen-bond donors (Lipinski definition) is 3. The Bertz CT molecular complexity index is 945. The Morgan fingerprint density at radius 2 is 1.55 bits per heavy atom. The molecule has 0 aromatic heterocycles. The Kier molecular flexibility index (Phi) is 6.39. The molecule has 2 heterocycles. The highest BCUT2D eigenvalue weighted by Crippen LogP contribution is 2.31. The molecule has 0 aliphatic carbocycles. The Balaban J connectivity index is 1.26. The fourth-order valence-electron chi connectivity index (χ4n) is 4.98. The molecular formula is C25H34N4O2+2. The molecule has 2 aromatic carbocycles. The molecule has 0 unspecified atom stereocenters. The number of piperazine rings is 1. The number of amides is 2. The second-order valence-electron chi connectivity index (χ2n) is 9.11. The van der Waals surface area contributed by atoms with E-state index in [2.05, 4.69) is 24.4 Å². The van der Waals surface area contributed by atoms with E-state index in [1.165, 1.54) is 15.4 Å². The lowest BCUT2D eigenvalue weighted by molar-refractivity contribution is -1.00. The van der Waals surface area contributed by atoms with Crippen LogP contribution in [0.2, 0.25) is 0 Å². The minimum absolute atomic E-state index is 0.0643. The monoisotopic (exact) mass is 422 g/mol. The fourth-order valence-corrected chi connectivity index (χ4v) is 4.98. The van der Waals surface area contributed by atoms with Crippen molar-refractivity contribution in [1.82, 2.24) is 0 Å². The summed E-state index contributed by atoms with van der Waals surface area (Å²) in [6.45, 7) is 10.8. The van der Waals surface area contributed by atoms with Gasteiger partial charge in [-0.25, -0.2) is 0 Å². The number of benzene rings is 2. The third-order valence-corrected chi connectivity index (χ3v) is 6.70. The molecule has 31 heavy (non-hydrogen) atoms. The summed E-state index contributed by atoms with van der Waals surface area (Å²) in [6, 6.07) is 14.5. The predicted octanol–water partition coefficient (Wildman–Crippen LogP) is 0.00314.